The van der Waals surface area contributed by atoms with Crippen LogP contribution in [0.5, 0.6) is 0 Å². The Hall–Kier alpha value is 0. The van der Waals surface area contributed by atoms with E-state index >= 15 is 0 Å². The van der Waals surface area contributed by atoms with Crippen molar-refractivity contribution in [2.75, 3.05) is 0 Å². The Morgan fingerprint density at radius 1 is 0.724 bits per heavy atom. The zero-order chi connectivity index (χ0) is 20.4. The molecule has 0 radical (unpaired) electrons. The monoisotopic (exact) mass is 398 g/mol. The smallest absolute Gasteiger partial charge is 0.0261 e. The average Bonchev–Trinajstić information content (AvgIpc) is 3.30. The summed E-state index contributed by atoms with van der Waals surface area (Å²) in [7, 11) is 0. The van der Waals surface area contributed by atoms with Gasteiger partial charge in [-0.25, -0.2) is 0 Å². The molecule has 0 heterocycles. The molecule has 0 saturated heterocycles. The molecule has 0 aromatic carbocycles. The molecule has 0 heteroatoms. The maximum Gasteiger partial charge on any atom is -0.0261 e. The summed E-state index contributed by atoms with van der Waals surface area (Å²) in [4.78, 5) is 0. The van der Waals surface area contributed by atoms with E-state index in [9.17, 15) is 0 Å². The van der Waals surface area contributed by atoms with Crippen molar-refractivity contribution in [1.82, 2.24) is 0 Å². The average molecular weight is 399 g/mol. The second-order valence-corrected chi connectivity index (χ2v) is 13.9. The van der Waals surface area contributed by atoms with Crippen molar-refractivity contribution < 1.29 is 0 Å². The third-order valence-electron chi connectivity index (χ3n) is 12.0. The molecule has 0 bridgehead atoms. The summed E-state index contributed by atoms with van der Waals surface area (Å²) in [6, 6.07) is 0. The van der Waals surface area contributed by atoms with Gasteiger partial charge in [-0.1, -0.05) is 53.9 Å². The Balaban J connectivity index is 1.31. The first-order chi connectivity index (χ1) is 13.8. The van der Waals surface area contributed by atoms with Crippen LogP contribution < -0.4 is 0 Å². The topological polar surface area (TPSA) is 0 Å². The quantitative estimate of drug-likeness (QED) is 0.433. The molecule has 1 unspecified atom stereocenters. The summed E-state index contributed by atoms with van der Waals surface area (Å²) in [5.41, 5.74) is 2.21. The van der Waals surface area contributed by atoms with E-state index in [0.29, 0.717) is 10.8 Å². The fraction of sp³-hybridized carbons (Fsp3) is 1.00. The Bertz CT molecular complexity index is 599. The molecule has 0 amide bonds. The standard InChI is InChI=1S/C29H50/c1-20(2)7-6-8-21(3)24-11-12-25-23-10-9-22-13-16-29(17-18-29)19-28(22,5)26(23)14-15-27(24,25)4/h20-26H,6-19H2,1-5H3/t21-,22?,23+,24-,25+,26+,27-,28+/m1/s1. The SMILES string of the molecule is CC(C)CCC[C@@H](C)[C@H]1CC[C@H]2[C@@H]3CCC4CCC5(CC5)C[C@]4(C)[C@H]3CC[C@]12C. The first-order valence-electron chi connectivity index (χ1n) is 13.8. The molecule has 5 fully saturated rings. The van der Waals surface area contributed by atoms with E-state index in [1.165, 1.54) is 19.3 Å². The lowest BCUT2D eigenvalue weighted by Crippen LogP contribution is -2.54. The minimum Gasteiger partial charge on any atom is -0.0628 e. The van der Waals surface area contributed by atoms with Gasteiger partial charge in [0.05, 0.1) is 0 Å². The third kappa shape index (κ3) is 3.36. The molecule has 5 rings (SSSR count). The summed E-state index contributed by atoms with van der Waals surface area (Å²) in [5.74, 6) is 7.15. The predicted octanol–water partition coefficient (Wildman–Crippen LogP) is 8.89. The molecule has 166 valence electrons. The maximum absolute atomic E-state index is 2.79. The van der Waals surface area contributed by atoms with Gasteiger partial charge in [-0.3, -0.25) is 0 Å². The molecule has 5 aliphatic carbocycles. The van der Waals surface area contributed by atoms with E-state index in [1.807, 2.05) is 0 Å². The largest absolute Gasteiger partial charge is 0.0628 e. The van der Waals surface area contributed by atoms with Crippen LogP contribution in [0.15, 0.2) is 0 Å². The highest BCUT2D eigenvalue weighted by atomic mass is 14.7. The van der Waals surface area contributed by atoms with Crippen molar-refractivity contribution in [3.05, 3.63) is 0 Å². The van der Waals surface area contributed by atoms with Gasteiger partial charge in [-0.05, 0) is 128 Å². The van der Waals surface area contributed by atoms with Gasteiger partial charge >= 0.3 is 0 Å². The van der Waals surface area contributed by atoms with Gasteiger partial charge in [-0.2, -0.15) is 0 Å². The summed E-state index contributed by atoms with van der Waals surface area (Å²) in [5, 5.41) is 0. The molecule has 8 atom stereocenters. The maximum atomic E-state index is 2.79. The van der Waals surface area contributed by atoms with Crippen LogP contribution in [0.1, 0.15) is 125 Å². The predicted molar refractivity (Wildman–Crippen MR) is 125 cm³/mol. The molecule has 0 aliphatic heterocycles. The fourth-order valence-electron chi connectivity index (χ4n) is 10.3. The van der Waals surface area contributed by atoms with Gasteiger partial charge in [0.1, 0.15) is 0 Å². The Morgan fingerprint density at radius 3 is 2.21 bits per heavy atom. The highest BCUT2D eigenvalue weighted by molar-refractivity contribution is 5.13. The van der Waals surface area contributed by atoms with E-state index < -0.39 is 0 Å². The lowest BCUT2D eigenvalue weighted by Gasteiger charge is -2.62. The van der Waals surface area contributed by atoms with Gasteiger partial charge in [0, 0.05) is 0 Å². The van der Waals surface area contributed by atoms with Crippen LogP contribution >= 0.6 is 0 Å². The molecule has 0 aromatic rings. The molecule has 5 saturated carbocycles. The van der Waals surface area contributed by atoms with Gasteiger partial charge in [0.25, 0.3) is 0 Å². The highest BCUT2D eigenvalue weighted by Gasteiger charge is 2.63. The first-order valence-corrected chi connectivity index (χ1v) is 13.8. The van der Waals surface area contributed by atoms with Gasteiger partial charge in [0.2, 0.25) is 0 Å². The van der Waals surface area contributed by atoms with Crippen LogP contribution in [-0.4, -0.2) is 0 Å². The lowest BCUT2D eigenvalue weighted by molar-refractivity contribution is -0.126. The van der Waals surface area contributed by atoms with Crippen molar-refractivity contribution in [3.8, 4) is 0 Å². The van der Waals surface area contributed by atoms with Crippen molar-refractivity contribution in [2.45, 2.75) is 125 Å². The molecule has 0 aromatic heterocycles. The first kappa shape index (κ1) is 20.9. The van der Waals surface area contributed by atoms with E-state index in [-0.39, 0.29) is 0 Å². The fourth-order valence-corrected chi connectivity index (χ4v) is 10.3. The second-order valence-electron chi connectivity index (χ2n) is 13.9. The number of hydrogen-bond acceptors (Lipinski definition) is 0. The third-order valence-corrected chi connectivity index (χ3v) is 12.0. The van der Waals surface area contributed by atoms with Crippen LogP contribution in [0, 0.1) is 57.7 Å². The zero-order valence-corrected chi connectivity index (χ0v) is 20.4. The molecule has 29 heavy (non-hydrogen) atoms. The zero-order valence-electron chi connectivity index (χ0n) is 20.4. The summed E-state index contributed by atoms with van der Waals surface area (Å²) >= 11 is 0. The number of fused-ring (bicyclic) bond motifs is 5. The minimum atomic E-state index is 0.674. The van der Waals surface area contributed by atoms with Crippen molar-refractivity contribution >= 4 is 0 Å². The van der Waals surface area contributed by atoms with Crippen LogP contribution in [0.25, 0.3) is 0 Å². The van der Waals surface area contributed by atoms with E-state index in [1.54, 1.807) is 70.6 Å². The lowest BCUT2D eigenvalue weighted by atomic mass is 9.43. The van der Waals surface area contributed by atoms with Gasteiger partial charge < -0.3 is 0 Å². The van der Waals surface area contributed by atoms with Crippen molar-refractivity contribution in [3.63, 3.8) is 0 Å². The molecule has 0 nitrogen and oxygen atoms in total. The van der Waals surface area contributed by atoms with Crippen LogP contribution in [0.4, 0.5) is 0 Å². The molecule has 5 aliphatic rings. The normalized spacial score (nSPS) is 48.8. The summed E-state index contributed by atoms with van der Waals surface area (Å²) < 4.78 is 0. The van der Waals surface area contributed by atoms with Crippen molar-refractivity contribution in [2.24, 2.45) is 57.7 Å². The van der Waals surface area contributed by atoms with Crippen LogP contribution in [0.3, 0.4) is 0 Å². The Labute approximate surface area is 182 Å². The summed E-state index contributed by atoms with van der Waals surface area (Å²) in [6.07, 6.45) is 21.7. The van der Waals surface area contributed by atoms with E-state index in [0.717, 1.165) is 46.8 Å². The minimum absolute atomic E-state index is 0.674. The highest BCUT2D eigenvalue weighted by Crippen LogP contribution is 2.72. The molecule has 1 spiro atoms. The molecular formula is C29H50. The summed E-state index contributed by atoms with van der Waals surface area (Å²) in [6.45, 7) is 13.0. The van der Waals surface area contributed by atoms with Crippen molar-refractivity contribution in [1.29, 1.82) is 0 Å². The number of rotatable bonds is 5. The Kier molecular flexibility index (Phi) is 5.23. The van der Waals surface area contributed by atoms with E-state index in [2.05, 4.69) is 34.6 Å². The van der Waals surface area contributed by atoms with Crippen LogP contribution in [0.2, 0.25) is 0 Å². The van der Waals surface area contributed by atoms with Gasteiger partial charge in [-0.15, -0.1) is 0 Å². The molecular weight excluding hydrogens is 348 g/mol. The Morgan fingerprint density at radius 2 is 1.48 bits per heavy atom. The second kappa shape index (κ2) is 7.27. The van der Waals surface area contributed by atoms with Gasteiger partial charge in [0.15, 0.2) is 0 Å². The van der Waals surface area contributed by atoms with E-state index in [4.69, 9.17) is 0 Å². The molecule has 0 N–H and O–H groups in total. The number of hydrogen-bond donors (Lipinski definition) is 0. The van der Waals surface area contributed by atoms with Crippen LogP contribution in [-0.2, 0) is 0 Å².